The largest absolute Gasteiger partial charge is 0.486 e. The molecule has 0 radical (unpaired) electrons. The third kappa shape index (κ3) is 3.29. The molecule has 2 saturated heterocycles. The molecule has 1 aromatic carbocycles. The van der Waals surface area contributed by atoms with Crippen molar-refractivity contribution in [3.63, 3.8) is 0 Å². The molecule has 6 heteroatoms. The normalized spacial score (nSPS) is 22.1. The molecule has 3 aliphatic heterocycles. The number of piperidine rings is 1. The van der Waals surface area contributed by atoms with Gasteiger partial charge in [-0.15, -0.1) is 0 Å². The van der Waals surface area contributed by atoms with Crippen molar-refractivity contribution in [1.82, 2.24) is 9.97 Å². The molecular formula is C21H26N4O2. The van der Waals surface area contributed by atoms with Gasteiger partial charge in [-0.1, -0.05) is 6.07 Å². The van der Waals surface area contributed by atoms with Crippen molar-refractivity contribution in [3.05, 3.63) is 36.0 Å². The summed E-state index contributed by atoms with van der Waals surface area (Å²) >= 11 is 0. The van der Waals surface area contributed by atoms with Gasteiger partial charge in [0, 0.05) is 25.8 Å². The van der Waals surface area contributed by atoms with Crippen LogP contribution in [0.2, 0.25) is 0 Å². The topological polar surface area (TPSA) is 50.7 Å². The SMILES string of the molecule is c1cc(N2CCCC2c2ccc3c(c2)OCCO3)nc(N2CCCCC2)n1. The summed E-state index contributed by atoms with van der Waals surface area (Å²) in [5.41, 5.74) is 1.27. The van der Waals surface area contributed by atoms with E-state index in [1.807, 2.05) is 18.3 Å². The van der Waals surface area contributed by atoms with Gasteiger partial charge < -0.3 is 19.3 Å². The molecular weight excluding hydrogens is 340 g/mol. The Labute approximate surface area is 160 Å². The van der Waals surface area contributed by atoms with Gasteiger partial charge in [0.1, 0.15) is 19.0 Å². The highest BCUT2D eigenvalue weighted by Crippen LogP contribution is 2.39. The zero-order valence-corrected chi connectivity index (χ0v) is 15.6. The minimum atomic E-state index is 0.324. The summed E-state index contributed by atoms with van der Waals surface area (Å²) in [6.45, 7) is 4.40. The second-order valence-electron chi connectivity index (χ2n) is 7.52. The summed E-state index contributed by atoms with van der Waals surface area (Å²) in [5.74, 6) is 3.62. The molecule has 0 spiro atoms. The molecule has 5 rings (SSSR count). The molecule has 2 aromatic rings. The molecule has 142 valence electrons. The lowest BCUT2D eigenvalue weighted by Crippen LogP contribution is -2.32. The predicted molar refractivity (Wildman–Crippen MR) is 105 cm³/mol. The van der Waals surface area contributed by atoms with Gasteiger partial charge >= 0.3 is 0 Å². The highest BCUT2D eigenvalue weighted by molar-refractivity contribution is 5.50. The number of hydrogen-bond donors (Lipinski definition) is 0. The molecule has 1 aromatic heterocycles. The van der Waals surface area contributed by atoms with Gasteiger partial charge in [0.2, 0.25) is 5.95 Å². The van der Waals surface area contributed by atoms with E-state index in [-0.39, 0.29) is 0 Å². The standard InChI is InChI=1S/C21H26N4O2/c1-2-10-24(11-3-1)21-22-9-8-20(23-21)25-12-4-5-17(25)16-6-7-18-19(15-16)27-14-13-26-18/h6-9,15,17H,1-5,10-14H2. The third-order valence-corrected chi connectivity index (χ3v) is 5.77. The van der Waals surface area contributed by atoms with Crippen LogP contribution in [0.25, 0.3) is 0 Å². The molecule has 0 amide bonds. The fourth-order valence-corrected chi connectivity index (χ4v) is 4.40. The van der Waals surface area contributed by atoms with Crippen LogP contribution in [0, 0.1) is 0 Å². The zero-order valence-electron chi connectivity index (χ0n) is 15.6. The summed E-state index contributed by atoms with van der Waals surface area (Å²) in [7, 11) is 0. The van der Waals surface area contributed by atoms with E-state index in [2.05, 4.69) is 26.9 Å². The van der Waals surface area contributed by atoms with Gasteiger partial charge in [0.05, 0.1) is 6.04 Å². The van der Waals surface area contributed by atoms with Crippen molar-refractivity contribution in [2.75, 3.05) is 42.6 Å². The number of nitrogens with zero attached hydrogens (tertiary/aromatic N) is 4. The number of rotatable bonds is 3. The van der Waals surface area contributed by atoms with Gasteiger partial charge in [-0.2, -0.15) is 4.98 Å². The second kappa shape index (κ2) is 7.25. The third-order valence-electron chi connectivity index (χ3n) is 5.77. The van der Waals surface area contributed by atoms with Crippen LogP contribution in [0.15, 0.2) is 30.5 Å². The lowest BCUT2D eigenvalue weighted by molar-refractivity contribution is 0.171. The Bertz CT molecular complexity index is 807. The first-order valence-electron chi connectivity index (χ1n) is 10.1. The van der Waals surface area contributed by atoms with E-state index in [1.54, 1.807) is 0 Å². The van der Waals surface area contributed by atoms with E-state index in [0.717, 1.165) is 49.3 Å². The van der Waals surface area contributed by atoms with Gasteiger partial charge in [-0.25, -0.2) is 4.98 Å². The highest BCUT2D eigenvalue weighted by Gasteiger charge is 2.29. The Morgan fingerprint density at radius 2 is 1.74 bits per heavy atom. The lowest BCUT2D eigenvalue weighted by Gasteiger charge is -2.30. The Hall–Kier alpha value is -2.50. The molecule has 6 nitrogen and oxygen atoms in total. The van der Waals surface area contributed by atoms with Crippen LogP contribution in [0.3, 0.4) is 0 Å². The maximum Gasteiger partial charge on any atom is 0.227 e. The van der Waals surface area contributed by atoms with E-state index in [9.17, 15) is 0 Å². The molecule has 0 bridgehead atoms. The molecule has 0 aliphatic carbocycles. The van der Waals surface area contributed by atoms with Crippen molar-refractivity contribution in [3.8, 4) is 11.5 Å². The van der Waals surface area contributed by atoms with Crippen LogP contribution in [0.5, 0.6) is 11.5 Å². The van der Waals surface area contributed by atoms with Crippen molar-refractivity contribution in [1.29, 1.82) is 0 Å². The smallest absolute Gasteiger partial charge is 0.227 e. The number of aromatic nitrogens is 2. The van der Waals surface area contributed by atoms with E-state index < -0.39 is 0 Å². The molecule has 27 heavy (non-hydrogen) atoms. The van der Waals surface area contributed by atoms with Crippen molar-refractivity contribution in [2.24, 2.45) is 0 Å². The molecule has 0 saturated carbocycles. The quantitative estimate of drug-likeness (QED) is 0.828. The van der Waals surface area contributed by atoms with E-state index in [1.165, 1.54) is 31.2 Å². The average molecular weight is 366 g/mol. The number of fused-ring (bicyclic) bond motifs is 1. The molecule has 1 atom stereocenters. The Morgan fingerprint density at radius 3 is 2.63 bits per heavy atom. The van der Waals surface area contributed by atoms with Crippen LogP contribution in [0.4, 0.5) is 11.8 Å². The predicted octanol–water partition coefficient (Wildman–Crippen LogP) is 3.58. The molecule has 0 N–H and O–H groups in total. The van der Waals surface area contributed by atoms with Gasteiger partial charge in [-0.3, -0.25) is 0 Å². The fourth-order valence-electron chi connectivity index (χ4n) is 4.40. The Kier molecular flexibility index (Phi) is 4.47. The van der Waals surface area contributed by atoms with Crippen molar-refractivity contribution >= 4 is 11.8 Å². The molecule has 3 aliphatic rings. The summed E-state index contributed by atoms with van der Waals surface area (Å²) in [4.78, 5) is 14.2. The fraction of sp³-hybridized carbons (Fsp3) is 0.524. The summed E-state index contributed by atoms with van der Waals surface area (Å²) in [6, 6.07) is 8.72. The summed E-state index contributed by atoms with van der Waals surface area (Å²) in [6.07, 6.45) is 7.99. The second-order valence-corrected chi connectivity index (χ2v) is 7.52. The van der Waals surface area contributed by atoms with Crippen LogP contribution in [-0.4, -0.2) is 42.8 Å². The number of anilines is 2. The van der Waals surface area contributed by atoms with Crippen LogP contribution in [-0.2, 0) is 0 Å². The van der Waals surface area contributed by atoms with Crippen molar-refractivity contribution < 1.29 is 9.47 Å². The first-order valence-corrected chi connectivity index (χ1v) is 10.1. The summed E-state index contributed by atoms with van der Waals surface area (Å²) < 4.78 is 11.5. The minimum Gasteiger partial charge on any atom is -0.486 e. The van der Waals surface area contributed by atoms with Crippen molar-refractivity contribution in [2.45, 2.75) is 38.1 Å². The monoisotopic (exact) mass is 366 g/mol. The Morgan fingerprint density at radius 1 is 0.889 bits per heavy atom. The van der Waals surface area contributed by atoms with Gasteiger partial charge in [-0.05, 0) is 55.9 Å². The zero-order chi connectivity index (χ0) is 18.1. The van der Waals surface area contributed by atoms with Crippen LogP contribution in [0.1, 0.15) is 43.7 Å². The summed E-state index contributed by atoms with van der Waals surface area (Å²) in [5, 5.41) is 0. The molecule has 2 fully saturated rings. The Balaban J connectivity index is 1.41. The van der Waals surface area contributed by atoms with E-state index in [4.69, 9.17) is 14.5 Å². The van der Waals surface area contributed by atoms with Crippen LogP contribution < -0.4 is 19.3 Å². The number of hydrogen-bond acceptors (Lipinski definition) is 6. The maximum absolute atomic E-state index is 5.79. The van der Waals surface area contributed by atoms with Crippen LogP contribution >= 0.6 is 0 Å². The maximum atomic E-state index is 5.79. The first-order chi connectivity index (χ1) is 13.4. The first kappa shape index (κ1) is 16.7. The highest BCUT2D eigenvalue weighted by atomic mass is 16.6. The van der Waals surface area contributed by atoms with E-state index >= 15 is 0 Å². The lowest BCUT2D eigenvalue weighted by atomic mass is 10.0. The van der Waals surface area contributed by atoms with Gasteiger partial charge in [0.15, 0.2) is 11.5 Å². The average Bonchev–Trinajstić information content (AvgIpc) is 3.24. The number of ether oxygens (including phenoxy) is 2. The number of benzene rings is 1. The molecule has 4 heterocycles. The van der Waals surface area contributed by atoms with E-state index in [0.29, 0.717) is 19.3 Å². The van der Waals surface area contributed by atoms with Gasteiger partial charge in [0.25, 0.3) is 0 Å². The molecule has 1 unspecified atom stereocenters. The minimum absolute atomic E-state index is 0.324.